The van der Waals surface area contributed by atoms with Crippen LogP contribution in [0, 0.1) is 6.92 Å². The van der Waals surface area contributed by atoms with Crippen molar-refractivity contribution in [1.82, 2.24) is 0 Å². The molecule has 0 spiro atoms. The fraction of sp³-hybridized carbons (Fsp3) is 0.250. The topological polar surface area (TPSA) is 29.5 Å². The zero-order chi connectivity index (χ0) is 11.3. The summed E-state index contributed by atoms with van der Waals surface area (Å²) in [5.74, 6) is -0.352. The molecule has 0 saturated heterocycles. The number of carbonyl (C=O) groups is 1. The number of nitrogens with zero attached hydrogens (tertiary/aromatic N) is 1. The van der Waals surface area contributed by atoms with E-state index in [1.165, 1.54) is 18.7 Å². The first-order valence-corrected chi connectivity index (χ1v) is 4.69. The summed E-state index contributed by atoms with van der Waals surface area (Å²) in [6, 6.07) is 8.03. The Kier molecular flexibility index (Phi) is 3.92. The van der Waals surface area contributed by atoms with Gasteiger partial charge in [-0.15, -0.1) is 0 Å². The number of esters is 1. The van der Waals surface area contributed by atoms with Gasteiger partial charge in [0, 0.05) is 25.0 Å². The highest BCUT2D eigenvalue weighted by molar-refractivity contribution is 5.82. The maximum atomic E-state index is 10.9. The molecule has 1 aromatic rings. The van der Waals surface area contributed by atoms with Gasteiger partial charge in [0.15, 0.2) is 0 Å². The zero-order valence-electron chi connectivity index (χ0n) is 9.23. The normalized spacial score (nSPS) is 10.3. The van der Waals surface area contributed by atoms with E-state index in [2.05, 4.69) is 4.74 Å². The molecule has 3 nitrogen and oxygen atoms in total. The van der Waals surface area contributed by atoms with Gasteiger partial charge in [0.05, 0.1) is 7.11 Å². The van der Waals surface area contributed by atoms with Crippen LogP contribution < -0.4 is 4.90 Å². The van der Waals surface area contributed by atoms with Crippen LogP contribution in [-0.4, -0.2) is 20.1 Å². The van der Waals surface area contributed by atoms with Gasteiger partial charge in [0.1, 0.15) is 0 Å². The number of methoxy groups -OCH3 is 1. The molecule has 0 aliphatic heterocycles. The molecule has 1 rings (SSSR count). The first-order chi connectivity index (χ1) is 7.13. The number of hydrogen-bond donors (Lipinski definition) is 0. The van der Waals surface area contributed by atoms with Crippen LogP contribution in [0.2, 0.25) is 0 Å². The fourth-order valence-corrected chi connectivity index (χ4v) is 1.17. The Morgan fingerprint density at radius 2 is 2.20 bits per heavy atom. The largest absolute Gasteiger partial charge is 0.466 e. The predicted octanol–water partition coefficient (Wildman–Crippen LogP) is 2.12. The molecule has 0 bridgehead atoms. The summed E-state index contributed by atoms with van der Waals surface area (Å²) in [4.78, 5) is 12.7. The average molecular weight is 205 g/mol. The molecule has 0 atom stereocenters. The number of anilines is 1. The summed E-state index contributed by atoms with van der Waals surface area (Å²) >= 11 is 0. The van der Waals surface area contributed by atoms with E-state index < -0.39 is 0 Å². The third-order valence-corrected chi connectivity index (χ3v) is 2.04. The van der Waals surface area contributed by atoms with E-state index in [1.54, 1.807) is 6.20 Å². The Bertz CT molecular complexity index is 372. The Morgan fingerprint density at radius 3 is 2.80 bits per heavy atom. The third-order valence-electron chi connectivity index (χ3n) is 2.04. The molecule has 0 saturated carbocycles. The van der Waals surface area contributed by atoms with Gasteiger partial charge in [0.25, 0.3) is 0 Å². The molecule has 0 unspecified atom stereocenters. The smallest absolute Gasteiger partial charge is 0.331 e. The minimum atomic E-state index is -0.352. The van der Waals surface area contributed by atoms with E-state index in [4.69, 9.17) is 0 Å². The lowest BCUT2D eigenvalue weighted by atomic mass is 10.2. The van der Waals surface area contributed by atoms with Gasteiger partial charge in [-0.2, -0.15) is 0 Å². The van der Waals surface area contributed by atoms with Gasteiger partial charge >= 0.3 is 5.97 Å². The fourth-order valence-electron chi connectivity index (χ4n) is 1.17. The zero-order valence-corrected chi connectivity index (χ0v) is 9.23. The predicted molar refractivity (Wildman–Crippen MR) is 60.7 cm³/mol. The summed E-state index contributed by atoms with van der Waals surface area (Å²) in [6.07, 6.45) is 3.07. The second-order valence-corrected chi connectivity index (χ2v) is 3.29. The maximum absolute atomic E-state index is 10.9. The highest BCUT2D eigenvalue weighted by Gasteiger charge is 1.97. The molecule has 3 heteroatoms. The first-order valence-electron chi connectivity index (χ1n) is 4.69. The van der Waals surface area contributed by atoms with Gasteiger partial charge in [-0.25, -0.2) is 4.79 Å². The molecule has 0 aliphatic rings. The van der Waals surface area contributed by atoms with Crippen molar-refractivity contribution in [1.29, 1.82) is 0 Å². The van der Waals surface area contributed by atoms with Crippen molar-refractivity contribution < 1.29 is 9.53 Å². The number of hydrogen-bond acceptors (Lipinski definition) is 3. The molecule has 80 valence electrons. The van der Waals surface area contributed by atoms with Crippen molar-refractivity contribution in [2.75, 3.05) is 19.1 Å². The summed E-state index contributed by atoms with van der Waals surface area (Å²) < 4.78 is 4.51. The second-order valence-electron chi connectivity index (χ2n) is 3.29. The molecular formula is C12H15NO2. The van der Waals surface area contributed by atoms with Crippen molar-refractivity contribution in [2.45, 2.75) is 6.92 Å². The van der Waals surface area contributed by atoms with Gasteiger partial charge in [-0.3, -0.25) is 0 Å². The molecule has 0 aromatic heterocycles. The summed E-state index contributed by atoms with van der Waals surface area (Å²) in [5, 5.41) is 0. The Morgan fingerprint density at radius 1 is 1.47 bits per heavy atom. The Labute approximate surface area is 90.0 Å². The quantitative estimate of drug-likeness (QED) is 0.559. The molecule has 0 fully saturated rings. The number of rotatable bonds is 3. The van der Waals surface area contributed by atoms with E-state index in [1.807, 2.05) is 43.1 Å². The lowest BCUT2D eigenvalue weighted by Crippen LogP contribution is -2.09. The second kappa shape index (κ2) is 5.20. The van der Waals surface area contributed by atoms with Crippen LogP contribution in [-0.2, 0) is 9.53 Å². The first kappa shape index (κ1) is 11.3. The molecule has 0 aliphatic carbocycles. The minimum absolute atomic E-state index is 0.352. The van der Waals surface area contributed by atoms with Crippen LogP contribution >= 0.6 is 0 Å². The van der Waals surface area contributed by atoms with Crippen molar-refractivity contribution in [3.8, 4) is 0 Å². The number of benzene rings is 1. The molecule has 0 N–H and O–H groups in total. The standard InChI is InChI=1S/C12H15NO2/c1-10-5-4-6-11(9-10)13(2)8-7-12(14)15-3/h4-9H,1-3H3. The monoisotopic (exact) mass is 205 g/mol. The van der Waals surface area contributed by atoms with Crippen LogP contribution in [0.15, 0.2) is 36.5 Å². The van der Waals surface area contributed by atoms with Crippen LogP contribution in [0.25, 0.3) is 0 Å². The van der Waals surface area contributed by atoms with Crippen LogP contribution in [0.4, 0.5) is 5.69 Å². The van der Waals surface area contributed by atoms with E-state index >= 15 is 0 Å². The van der Waals surface area contributed by atoms with Gasteiger partial charge < -0.3 is 9.64 Å². The highest BCUT2D eigenvalue weighted by atomic mass is 16.5. The molecule has 1 aromatic carbocycles. The lowest BCUT2D eigenvalue weighted by Gasteiger charge is -2.14. The van der Waals surface area contributed by atoms with Crippen LogP contribution in [0.3, 0.4) is 0 Å². The number of aryl methyl sites for hydroxylation is 1. The van der Waals surface area contributed by atoms with Gasteiger partial charge in [-0.05, 0) is 24.6 Å². The van der Waals surface area contributed by atoms with Crippen molar-refractivity contribution >= 4 is 11.7 Å². The van der Waals surface area contributed by atoms with E-state index in [9.17, 15) is 4.79 Å². The maximum Gasteiger partial charge on any atom is 0.331 e. The summed E-state index contributed by atoms with van der Waals surface area (Å²) in [5.41, 5.74) is 2.22. The average Bonchev–Trinajstić information content (AvgIpc) is 2.25. The van der Waals surface area contributed by atoms with Crippen molar-refractivity contribution in [3.05, 3.63) is 42.1 Å². The van der Waals surface area contributed by atoms with Gasteiger partial charge in [0.2, 0.25) is 0 Å². The van der Waals surface area contributed by atoms with Crippen LogP contribution in [0.1, 0.15) is 5.56 Å². The molecule has 0 heterocycles. The molecular weight excluding hydrogens is 190 g/mol. The highest BCUT2D eigenvalue weighted by Crippen LogP contribution is 2.14. The van der Waals surface area contributed by atoms with Crippen LogP contribution in [0.5, 0.6) is 0 Å². The Hall–Kier alpha value is -1.77. The molecule has 15 heavy (non-hydrogen) atoms. The van der Waals surface area contributed by atoms with Gasteiger partial charge in [-0.1, -0.05) is 12.1 Å². The van der Waals surface area contributed by atoms with Crippen molar-refractivity contribution in [2.24, 2.45) is 0 Å². The summed E-state index contributed by atoms with van der Waals surface area (Å²) in [6.45, 7) is 2.03. The molecule has 0 radical (unpaired) electrons. The van der Waals surface area contributed by atoms with E-state index in [-0.39, 0.29) is 5.97 Å². The SMILES string of the molecule is COC(=O)C=CN(C)c1cccc(C)c1. The Balaban J connectivity index is 2.73. The lowest BCUT2D eigenvalue weighted by molar-refractivity contribution is -0.134. The number of ether oxygens (including phenoxy) is 1. The van der Waals surface area contributed by atoms with E-state index in [0.29, 0.717) is 0 Å². The summed E-state index contributed by atoms with van der Waals surface area (Å²) in [7, 11) is 3.24. The van der Waals surface area contributed by atoms with Crippen molar-refractivity contribution in [3.63, 3.8) is 0 Å². The van der Waals surface area contributed by atoms with E-state index in [0.717, 1.165) is 5.69 Å². The third kappa shape index (κ3) is 3.46. The number of carbonyl (C=O) groups excluding carboxylic acids is 1. The molecule has 0 amide bonds. The minimum Gasteiger partial charge on any atom is -0.466 e.